The summed E-state index contributed by atoms with van der Waals surface area (Å²) in [5.41, 5.74) is 3.24. The van der Waals surface area contributed by atoms with Gasteiger partial charge in [0.05, 0.1) is 10.3 Å². The van der Waals surface area contributed by atoms with Crippen molar-refractivity contribution in [2.75, 3.05) is 16.7 Å². The predicted octanol–water partition coefficient (Wildman–Crippen LogP) is 3.36. The van der Waals surface area contributed by atoms with Gasteiger partial charge in [-0.25, -0.2) is 8.42 Å². The van der Waals surface area contributed by atoms with Crippen LogP contribution in [0.3, 0.4) is 0 Å². The Labute approximate surface area is 148 Å². The zero-order valence-corrected chi connectivity index (χ0v) is 15.9. The fraction of sp³-hybridized carbons (Fsp3) is 0.316. The summed E-state index contributed by atoms with van der Waals surface area (Å²) in [6.45, 7) is 7.46. The molecule has 1 amide bonds. The Morgan fingerprint density at radius 2 is 1.60 bits per heavy atom. The van der Waals surface area contributed by atoms with Crippen molar-refractivity contribution < 1.29 is 13.2 Å². The molecule has 0 bridgehead atoms. The molecule has 1 aliphatic rings. The molecule has 0 saturated heterocycles. The molecule has 2 aromatic carbocycles. The van der Waals surface area contributed by atoms with Crippen LogP contribution in [-0.4, -0.2) is 21.4 Å². The van der Waals surface area contributed by atoms with Crippen LogP contribution in [0.4, 0.5) is 11.4 Å². The van der Waals surface area contributed by atoms with Gasteiger partial charge >= 0.3 is 0 Å². The van der Waals surface area contributed by atoms with E-state index in [2.05, 4.69) is 4.72 Å². The first-order chi connectivity index (χ1) is 11.5. The number of aryl methyl sites for hydroxylation is 2. The third-order valence-corrected chi connectivity index (χ3v) is 6.01. The first-order valence-corrected chi connectivity index (χ1v) is 9.54. The second kappa shape index (κ2) is 5.59. The third kappa shape index (κ3) is 2.91. The second-order valence-electron chi connectivity index (χ2n) is 7.15. The lowest BCUT2D eigenvalue weighted by atomic mass is 9.86. The Morgan fingerprint density at radius 3 is 2.20 bits per heavy atom. The molecular weight excluding hydrogens is 336 g/mol. The molecule has 0 radical (unpaired) electrons. The molecular formula is C19H22N2O3S. The molecule has 0 aromatic heterocycles. The van der Waals surface area contributed by atoms with Crippen molar-refractivity contribution in [3.05, 3.63) is 53.1 Å². The van der Waals surface area contributed by atoms with Crippen LogP contribution in [0, 0.1) is 13.8 Å². The quantitative estimate of drug-likeness (QED) is 0.915. The average molecular weight is 358 g/mol. The number of carbonyl (C=O) groups is 1. The van der Waals surface area contributed by atoms with Gasteiger partial charge in [0.25, 0.3) is 10.0 Å². The minimum Gasteiger partial charge on any atom is -0.314 e. The maximum absolute atomic E-state index is 12.8. The summed E-state index contributed by atoms with van der Waals surface area (Å²) < 4.78 is 28.2. The molecule has 1 N–H and O–H groups in total. The Kier molecular flexibility index (Phi) is 3.91. The number of hydrogen-bond acceptors (Lipinski definition) is 3. The normalized spacial score (nSPS) is 16.0. The van der Waals surface area contributed by atoms with Crippen LogP contribution in [0.2, 0.25) is 0 Å². The fourth-order valence-corrected chi connectivity index (χ4v) is 4.43. The lowest BCUT2D eigenvalue weighted by Crippen LogP contribution is -2.33. The van der Waals surface area contributed by atoms with Gasteiger partial charge < -0.3 is 4.90 Å². The molecule has 0 unspecified atom stereocenters. The van der Waals surface area contributed by atoms with Crippen molar-refractivity contribution in [1.29, 1.82) is 0 Å². The molecule has 3 rings (SSSR count). The van der Waals surface area contributed by atoms with Gasteiger partial charge in [-0.3, -0.25) is 9.52 Å². The largest absolute Gasteiger partial charge is 0.314 e. The van der Waals surface area contributed by atoms with Crippen molar-refractivity contribution >= 4 is 27.3 Å². The van der Waals surface area contributed by atoms with Crippen LogP contribution in [0.25, 0.3) is 0 Å². The molecule has 6 heteroatoms. The smallest absolute Gasteiger partial charge is 0.261 e. The van der Waals surface area contributed by atoms with Crippen molar-refractivity contribution in [3.8, 4) is 0 Å². The van der Waals surface area contributed by atoms with Gasteiger partial charge in [-0.2, -0.15) is 0 Å². The zero-order valence-electron chi connectivity index (χ0n) is 15.0. The van der Waals surface area contributed by atoms with Crippen LogP contribution in [0.15, 0.2) is 41.3 Å². The van der Waals surface area contributed by atoms with Crippen molar-refractivity contribution in [2.24, 2.45) is 0 Å². The molecule has 132 valence electrons. The number of hydrogen-bond donors (Lipinski definition) is 1. The van der Waals surface area contributed by atoms with Crippen LogP contribution in [-0.2, 0) is 20.2 Å². The van der Waals surface area contributed by atoms with Gasteiger partial charge in [-0.15, -0.1) is 0 Å². The lowest BCUT2D eigenvalue weighted by molar-refractivity contribution is -0.121. The minimum atomic E-state index is -3.73. The van der Waals surface area contributed by atoms with Crippen molar-refractivity contribution in [1.82, 2.24) is 0 Å². The summed E-state index contributed by atoms with van der Waals surface area (Å²) in [6.07, 6.45) is 0. The van der Waals surface area contributed by atoms with Gasteiger partial charge in [-0.1, -0.05) is 6.07 Å². The fourth-order valence-electron chi connectivity index (χ4n) is 3.37. The minimum absolute atomic E-state index is 0.0423. The van der Waals surface area contributed by atoms with E-state index in [9.17, 15) is 13.2 Å². The predicted molar refractivity (Wildman–Crippen MR) is 99.6 cm³/mol. The van der Waals surface area contributed by atoms with E-state index in [1.807, 2.05) is 33.8 Å². The molecule has 0 aliphatic carbocycles. The number of sulfonamides is 1. The van der Waals surface area contributed by atoms with E-state index in [4.69, 9.17) is 0 Å². The highest BCUT2D eigenvalue weighted by Crippen LogP contribution is 2.41. The van der Waals surface area contributed by atoms with E-state index in [0.717, 1.165) is 22.4 Å². The molecule has 25 heavy (non-hydrogen) atoms. The maximum Gasteiger partial charge on any atom is 0.261 e. The molecule has 1 aliphatic heterocycles. The molecule has 0 saturated carbocycles. The van der Waals surface area contributed by atoms with Gasteiger partial charge in [0.2, 0.25) is 5.91 Å². The SMILES string of the molecule is Cc1cc(C)cc(NS(=O)(=O)c2ccc3c(c2)C(C)(C)C(=O)N3C)c1. The number of rotatable bonds is 3. The number of benzene rings is 2. The molecule has 1 heterocycles. The number of amides is 1. The number of carbonyl (C=O) groups excluding carboxylic acids is 1. The maximum atomic E-state index is 12.8. The van der Waals surface area contributed by atoms with Crippen molar-refractivity contribution in [2.45, 2.75) is 38.0 Å². The van der Waals surface area contributed by atoms with Crippen LogP contribution >= 0.6 is 0 Å². The standard InChI is InChI=1S/C19H22N2O3S/c1-12-8-13(2)10-14(9-12)20-25(23,24)15-6-7-17-16(11-15)19(3,4)18(22)21(17)5/h6-11,20H,1-5H3. The van der Waals surface area contributed by atoms with E-state index in [1.54, 1.807) is 36.2 Å². The topological polar surface area (TPSA) is 66.5 Å². The Morgan fingerprint density at radius 1 is 1.00 bits per heavy atom. The van der Waals surface area contributed by atoms with E-state index >= 15 is 0 Å². The summed E-state index contributed by atoms with van der Waals surface area (Å²) in [5, 5.41) is 0. The van der Waals surface area contributed by atoms with E-state index in [1.165, 1.54) is 6.07 Å². The first kappa shape index (κ1) is 17.5. The number of likely N-dealkylation sites (N-methyl/N-ethyl adjacent to an activating group) is 1. The van der Waals surface area contributed by atoms with Gasteiger partial charge in [0, 0.05) is 18.4 Å². The lowest BCUT2D eigenvalue weighted by Gasteiger charge is -2.17. The highest BCUT2D eigenvalue weighted by Gasteiger charge is 2.42. The molecule has 5 nitrogen and oxygen atoms in total. The van der Waals surface area contributed by atoms with Gasteiger partial charge in [-0.05, 0) is 74.7 Å². The van der Waals surface area contributed by atoms with E-state index in [-0.39, 0.29) is 10.8 Å². The Hall–Kier alpha value is -2.34. The molecule has 2 aromatic rings. The van der Waals surface area contributed by atoms with Crippen LogP contribution in [0.5, 0.6) is 0 Å². The van der Waals surface area contributed by atoms with E-state index in [0.29, 0.717) is 5.69 Å². The highest BCUT2D eigenvalue weighted by molar-refractivity contribution is 7.92. The van der Waals surface area contributed by atoms with Gasteiger partial charge in [0.1, 0.15) is 0 Å². The van der Waals surface area contributed by atoms with Gasteiger partial charge in [0.15, 0.2) is 0 Å². The summed E-state index contributed by atoms with van der Waals surface area (Å²) in [7, 11) is -2.03. The number of fused-ring (bicyclic) bond motifs is 1. The molecule has 0 fully saturated rings. The second-order valence-corrected chi connectivity index (χ2v) is 8.83. The summed E-state index contributed by atoms with van der Waals surface area (Å²) >= 11 is 0. The summed E-state index contributed by atoms with van der Waals surface area (Å²) in [5.74, 6) is -0.0423. The average Bonchev–Trinajstić information content (AvgIpc) is 2.67. The monoisotopic (exact) mass is 358 g/mol. The van der Waals surface area contributed by atoms with Crippen molar-refractivity contribution in [3.63, 3.8) is 0 Å². The Bertz CT molecular complexity index is 958. The first-order valence-electron chi connectivity index (χ1n) is 8.06. The summed E-state index contributed by atoms with van der Waals surface area (Å²) in [4.78, 5) is 14.1. The number of nitrogens with one attached hydrogen (secondary N) is 1. The highest BCUT2D eigenvalue weighted by atomic mass is 32.2. The molecule has 0 spiro atoms. The van der Waals surface area contributed by atoms with Crippen LogP contribution in [0.1, 0.15) is 30.5 Å². The zero-order chi connectivity index (χ0) is 18.6. The summed E-state index contributed by atoms with van der Waals surface area (Å²) in [6, 6.07) is 10.4. The van der Waals surface area contributed by atoms with E-state index < -0.39 is 15.4 Å². The Balaban J connectivity index is 2.02. The number of nitrogens with zero attached hydrogens (tertiary/aromatic N) is 1. The van der Waals surface area contributed by atoms with Crippen LogP contribution < -0.4 is 9.62 Å². The molecule has 0 atom stereocenters. The third-order valence-electron chi connectivity index (χ3n) is 4.63. The number of anilines is 2.